The number of rotatable bonds is 3. The predicted octanol–water partition coefficient (Wildman–Crippen LogP) is 0.225. The second-order valence-corrected chi connectivity index (χ2v) is 3.45. The summed E-state index contributed by atoms with van der Waals surface area (Å²) in [5.74, 6) is -0.481. The Labute approximate surface area is 82.1 Å². The van der Waals surface area contributed by atoms with Crippen molar-refractivity contribution in [2.24, 2.45) is 11.7 Å². The maximum atomic E-state index is 11.3. The van der Waals surface area contributed by atoms with Gasteiger partial charge in [-0.2, -0.15) is 0 Å². The van der Waals surface area contributed by atoms with E-state index in [1.54, 1.807) is 0 Å². The third-order valence-electron chi connectivity index (χ3n) is 2.25. The first-order valence-electron chi connectivity index (χ1n) is 4.61. The van der Waals surface area contributed by atoms with Crippen LogP contribution in [0.3, 0.4) is 0 Å². The van der Waals surface area contributed by atoms with Crippen LogP contribution in [0.15, 0.2) is 0 Å². The van der Waals surface area contributed by atoms with E-state index in [9.17, 15) is 9.59 Å². The van der Waals surface area contributed by atoms with Gasteiger partial charge in [-0.15, -0.1) is 0 Å². The monoisotopic (exact) mass is 198 g/mol. The van der Waals surface area contributed by atoms with Gasteiger partial charge in [0.1, 0.15) is 18.2 Å². The first kappa shape index (κ1) is 10.7. The smallest absolute Gasteiger partial charge is 0.309 e. The molecule has 3 N–H and O–H groups in total. The minimum Gasteiger partial charge on any atom is -0.457 e. The second-order valence-electron chi connectivity index (χ2n) is 3.45. The SMILES string of the molecule is N=C(N)COC(=O)C1CCC(=O)CC1. The van der Waals surface area contributed by atoms with Gasteiger partial charge in [0.05, 0.1) is 5.92 Å². The van der Waals surface area contributed by atoms with Gasteiger partial charge in [-0.25, -0.2) is 0 Å². The summed E-state index contributed by atoms with van der Waals surface area (Å²) in [6.45, 7) is -0.150. The summed E-state index contributed by atoms with van der Waals surface area (Å²) in [5.41, 5.74) is 5.04. The molecule has 0 radical (unpaired) electrons. The molecule has 1 saturated carbocycles. The molecule has 0 aromatic rings. The van der Waals surface area contributed by atoms with Crippen molar-refractivity contribution in [2.75, 3.05) is 6.61 Å². The van der Waals surface area contributed by atoms with Crippen molar-refractivity contribution in [1.82, 2.24) is 0 Å². The standard InChI is InChI=1S/C9H14N2O3/c10-8(11)5-14-9(13)6-1-3-7(12)4-2-6/h6H,1-5H2,(H3,10,11). The van der Waals surface area contributed by atoms with E-state index in [1.807, 2.05) is 0 Å². The zero-order valence-electron chi connectivity index (χ0n) is 7.91. The van der Waals surface area contributed by atoms with E-state index in [1.165, 1.54) is 0 Å². The van der Waals surface area contributed by atoms with Crippen molar-refractivity contribution in [2.45, 2.75) is 25.7 Å². The van der Waals surface area contributed by atoms with Crippen LogP contribution in [-0.4, -0.2) is 24.2 Å². The molecule has 5 heteroatoms. The molecule has 0 atom stereocenters. The topological polar surface area (TPSA) is 93.2 Å². The number of nitrogens with one attached hydrogen (secondary N) is 1. The van der Waals surface area contributed by atoms with Gasteiger partial charge in [-0.1, -0.05) is 0 Å². The Bertz CT molecular complexity index is 253. The normalized spacial score (nSPS) is 17.9. The Morgan fingerprint density at radius 2 is 2.07 bits per heavy atom. The Kier molecular flexibility index (Phi) is 3.62. The highest BCUT2D eigenvalue weighted by molar-refractivity contribution is 5.84. The van der Waals surface area contributed by atoms with Crippen molar-refractivity contribution >= 4 is 17.6 Å². The molecule has 1 aliphatic rings. The summed E-state index contributed by atoms with van der Waals surface area (Å²) in [6, 6.07) is 0. The van der Waals surface area contributed by atoms with E-state index in [0.29, 0.717) is 25.7 Å². The number of nitrogens with two attached hydrogens (primary N) is 1. The lowest BCUT2D eigenvalue weighted by Gasteiger charge is -2.18. The van der Waals surface area contributed by atoms with E-state index in [0.717, 1.165) is 0 Å². The van der Waals surface area contributed by atoms with Crippen LogP contribution in [0.4, 0.5) is 0 Å². The van der Waals surface area contributed by atoms with Crippen LogP contribution < -0.4 is 5.73 Å². The summed E-state index contributed by atoms with van der Waals surface area (Å²) in [4.78, 5) is 22.2. The number of hydrogen-bond donors (Lipinski definition) is 2. The molecule has 0 heterocycles. The average Bonchev–Trinajstić information content (AvgIpc) is 2.15. The van der Waals surface area contributed by atoms with Crippen molar-refractivity contribution < 1.29 is 14.3 Å². The molecule has 0 aliphatic heterocycles. The van der Waals surface area contributed by atoms with Crippen LogP contribution in [0.5, 0.6) is 0 Å². The number of carbonyl (C=O) groups excluding carboxylic acids is 2. The lowest BCUT2D eigenvalue weighted by molar-refractivity contribution is -0.148. The van der Waals surface area contributed by atoms with Crippen molar-refractivity contribution in [1.29, 1.82) is 5.41 Å². The fourth-order valence-corrected chi connectivity index (χ4v) is 1.44. The maximum absolute atomic E-state index is 11.3. The molecule has 14 heavy (non-hydrogen) atoms. The van der Waals surface area contributed by atoms with Gasteiger partial charge in [0.2, 0.25) is 0 Å². The summed E-state index contributed by atoms with van der Waals surface area (Å²) in [5, 5.41) is 6.88. The molecular weight excluding hydrogens is 184 g/mol. The quantitative estimate of drug-likeness (QED) is 0.385. The highest BCUT2D eigenvalue weighted by atomic mass is 16.5. The molecule has 1 aliphatic carbocycles. The summed E-state index contributed by atoms with van der Waals surface area (Å²) in [7, 11) is 0. The lowest BCUT2D eigenvalue weighted by atomic mass is 9.88. The number of esters is 1. The Morgan fingerprint density at radius 3 is 2.57 bits per heavy atom. The highest BCUT2D eigenvalue weighted by Crippen LogP contribution is 2.22. The van der Waals surface area contributed by atoms with Crippen molar-refractivity contribution in [3.63, 3.8) is 0 Å². The maximum Gasteiger partial charge on any atom is 0.309 e. The minimum atomic E-state index is -0.340. The van der Waals surface area contributed by atoms with E-state index in [4.69, 9.17) is 15.9 Å². The third-order valence-corrected chi connectivity index (χ3v) is 2.25. The van der Waals surface area contributed by atoms with Crippen LogP contribution in [0, 0.1) is 11.3 Å². The molecule has 78 valence electrons. The molecule has 0 unspecified atom stereocenters. The van der Waals surface area contributed by atoms with Crippen LogP contribution in [0.25, 0.3) is 0 Å². The van der Waals surface area contributed by atoms with Crippen molar-refractivity contribution in [3.8, 4) is 0 Å². The molecule has 0 saturated heterocycles. The van der Waals surface area contributed by atoms with E-state index in [2.05, 4.69) is 0 Å². The molecule has 1 fully saturated rings. The van der Waals surface area contributed by atoms with Crippen LogP contribution in [-0.2, 0) is 14.3 Å². The minimum absolute atomic E-state index is 0.150. The van der Waals surface area contributed by atoms with Gasteiger partial charge >= 0.3 is 5.97 Å². The zero-order valence-corrected chi connectivity index (χ0v) is 7.91. The number of Topliss-reactive ketones (excluding diaryl/α,β-unsaturated/α-hetero) is 1. The zero-order chi connectivity index (χ0) is 10.6. The second kappa shape index (κ2) is 4.74. The molecule has 0 spiro atoms. The number of ketones is 1. The lowest BCUT2D eigenvalue weighted by Crippen LogP contribution is -2.27. The summed E-state index contributed by atoms with van der Waals surface area (Å²) < 4.78 is 4.78. The highest BCUT2D eigenvalue weighted by Gasteiger charge is 2.25. The van der Waals surface area contributed by atoms with E-state index >= 15 is 0 Å². The van der Waals surface area contributed by atoms with E-state index < -0.39 is 0 Å². The molecule has 1 rings (SSSR count). The predicted molar refractivity (Wildman–Crippen MR) is 49.8 cm³/mol. The first-order chi connectivity index (χ1) is 6.59. The Morgan fingerprint density at radius 1 is 1.50 bits per heavy atom. The van der Waals surface area contributed by atoms with Gasteiger partial charge < -0.3 is 10.5 Å². The molecule has 0 aromatic heterocycles. The first-order valence-corrected chi connectivity index (χ1v) is 4.61. The largest absolute Gasteiger partial charge is 0.457 e. The van der Waals surface area contributed by atoms with E-state index in [-0.39, 0.29) is 30.1 Å². The van der Waals surface area contributed by atoms with Gasteiger partial charge in [0.25, 0.3) is 0 Å². The molecule has 0 aromatic carbocycles. The van der Waals surface area contributed by atoms with Gasteiger partial charge in [-0.05, 0) is 12.8 Å². The number of amidine groups is 1. The van der Waals surface area contributed by atoms with Crippen molar-refractivity contribution in [3.05, 3.63) is 0 Å². The number of ether oxygens (including phenoxy) is 1. The summed E-state index contributed by atoms with van der Waals surface area (Å²) in [6.07, 6.45) is 2.05. The van der Waals surface area contributed by atoms with Crippen LogP contribution in [0.2, 0.25) is 0 Å². The van der Waals surface area contributed by atoms with Gasteiger partial charge in [-0.3, -0.25) is 15.0 Å². The third kappa shape index (κ3) is 3.16. The Balaban J connectivity index is 2.30. The molecule has 0 bridgehead atoms. The molecule has 5 nitrogen and oxygen atoms in total. The molecular formula is C9H14N2O3. The van der Waals surface area contributed by atoms with Crippen LogP contribution in [0.1, 0.15) is 25.7 Å². The Hall–Kier alpha value is -1.39. The average molecular weight is 198 g/mol. The van der Waals surface area contributed by atoms with Gasteiger partial charge in [0, 0.05) is 12.8 Å². The number of carbonyl (C=O) groups is 2. The van der Waals surface area contributed by atoms with Gasteiger partial charge in [0.15, 0.2) is 0 Å². The fraction of sp³-hybridized carbons (Fsp3) is 0.667. The fourth-order valence-electron chi connectivity index (χ4n) is 1.44. The number of hydrogen-bond acceptors (Lipinski definition) is 4. The summed E-state index contributed by atoms with van der Waals surface area (Å²) >= 11 is 0. The molecule has 0 amide bonds. The van der Waals surface area contributed by atoms with Crippen LogP contribution >= 0.6 is 0 Å².